The van der Waals surface area contributed by atoms with Crippen LogP contribution < -0.4 is 23.7 Å². The molecule has 1 heterocycles. The van der Waals surface area contributed by atoms with Crippen molar-refractivity contribution < 1.29 is 22.6 Å². The smallest absolute Gasteiger partial charge is 0.298 e. The fraction of sp³-hybridized carbons (Fsp3) is 0.176. The molecule has 3 rings (SSSR count). The maximum Gasteiger partial charge on any atom is 0.298 e. The molecule has 0 radical (unpaired) electrons. The lowest BCUT2D eigenvalue weighted by atomic mass is 10.2. The molecule has 2 aromatic carbocycles. The molecule has 0 spiro atoms. The summed E-state index contributed by atoms with van der Waals surface area (Å²) in [4.78, 5) is 8.40. The van der Waals surface area contributed by atoms with Crippen molar-refractivity contribution >= 4 is 26.8 Å². The SMILES string of the molecule is CNS(=O)(=O)Nc1ccc(Oc2ncnc3cc(OC)c(OC)cc23)cc1. The van der Waals surface area contributed by atoms with Crippen LogP contribution in [0.5, 0.6) is 23.1 Å². The molecular weight excluding hydrogens is 372 g/mol. The van der Waals surface area contributed by atoms with Crippen molar-refractivity contribution in [1.82, 2.24) is 14.7 Å². The molecule has 0 amide bonds. The summed E-state index contributed by atoms with van der Waals surface area (Å²) in [6.07, 6.45) is 1.39. The van der Waals surface area contributed by atoms with Gasteiger partial charge in [0.1, 0.15) is 12.1 Å². The van der Waals surface area contributed by atoms with E-state index in [1.54, 1.807) is 50.6 Å². The van der Waals surface area contributed by atoms with Gasteiger partial charge in [0.15, 0.2) is 11.5 Å². The predicted octanol–water partition coefficient (Wildman–Crippen LogP) is 2.32. The van der Waals surface area contributed by atoms with E-state index in [0.717, 1.165) is 0 Å². The number of benzene rings is 2. The van der Waals surface area contributed by atoms with Gasteiger partial charge in [-0.25, -0.2) is 14.7 Å². The first kappa shape index (κ1) is 18.7. The molecule has 10 heteroatoms. The minimum Gasteiger partial charge on any atom is -0.493 e. The fourth-order valence-electron chi connectivity index (χ4n) is 2.35. The highest BCUT2D eigenvalue weighted by molar-refractivity contribution is 7.90. The molecule has 2 N–H and O–H groups in total. The Morgan fingerprint density at radius 2 is 1.63 bits per heavy atom. The van der Waals surface area contributed by atoms with E-state index in [1.807, 2.05) is 0 Å². The topological polar surface area (TPSA) is 112 Å². The second kappa shape index (κ2) is 7.64. The quantitative estimate of drug-likeness (QED) is 0.637. The molecule has 0 saturated heterocycles. The Morgan fingerprint density at radius 3 is 2.26 bits per heavy atom. The highest BCUT2D eigenvalue weighted by Crippen LogP contribution is 2.35. The van der Waals surface area contributed by atoms with Crippen LogP contribution in [-0.2, 0) is 10.2 Å². The first-order chi connectivity index (χ1) is 13.0. The van der Waals surface area contributed by atoms with Gasteiger partial charge >= 0.3 is 0 Å². The van der Waals surface area contributed by atoms with Crippen LogP contribution >= 0.6 is 0 Å². The highest BCUT2D eigenvalue weighted by Gasteiger charge is 2.13. The third kappa shape index (κ3) is 4.18. The molecule has 1 aromatic heterocycles. The Hall–Kier alpha value is -3.11. The average Bonchev–Trinajstić information content (AvgIpc) is 2.68. The highest BCUT2D eigenvalue weighted by atomic mass is 32.2. The summed E-state index contributed by atoms with van der Waals surface area (Å²) >= 11 is 0. The average molecular weight is 390 g/mol. The number of rotatable bonds is 7. The van der Waals surface area contributed by atoms with Gasteiger partial charge in [-0.05, 0) is 30.3 Å². The van der Waals surface area contributed by atoms with Gasteiger partial charge in [-0.2, -0.15) is 8.42 Å². The second-order valence-electron chi connectivity index (χ2n) is 5.34. The number of nitrogens with zero attached hydrogens (tertiary/aromatic N) is 2. The summed E-state index contributed by atoms with van der Waals surface area (Å²) in [6, 6.07) is 9.89. The third-order valence-electron chi connectivity index (χ3n) is 3.69. The van der Waals surface area contributed by atoms with E-state index in [4.69, 9.17) is 14.2 Å². The summed E-state index contributed by atoms with van der Waals surface area (Å²) in [6.45, 7) is 0. The van der Waals surface area contributed by atoms with Gasteiger partial charge < -0.3 is 14.2 Å². The molecule has 0 unspecified atom stereocenters. The van der Waals surface area contributed by atoms with Gasteiger partial charge in [0.2, 0.25) is 5.88 Å². The van der Waals surface area contributed by atoms with E-state index < -0.39 is 10.2 Å². The van der Waals surface area contributed by atoms with Gasteiger partial charge in [-0.3, -0.25) is 4.72 Å². The zero-order valence-corrected chi connectivity index (χ0v) is 15.7. The van der Waals surface area contributed by atoms with Gasteiger partial charge in [-0.1, -0.05) is 0 Å². The Labute approximate surface area is 156 Å². The lowest BCUT2D eigenvalue weighted by molar-refractivity contribution is 0.355. The van der Waals surface area contributed by atoms with Gasteiger partial charge in [0, 0.05) is 13.1 Å². The molecule has 0 fully saturated rings. The number of aromatic nitrogens is 2. The zero-order valence-electron chi connectivity index (χ0n) is 14.9. The maximum atomic E-state index is 11.5. The van der Waals surface area contributed by atoms with Gasteiger partial charge in [-0.15, -0.1) is 0 Å². The van der Waals surface area contributed by atoms with Crippen molar-refractivity contribution in [2.24, 2.45) is 0 Å². The summed E-state index contributed by atoms with van der Waals surface area (Å²) < 4.78 is 44.0. The van der Waals surface area contributed by atoms with Crippen LogP contribution in [0.2, 0.25) is 0 Å². The van der Waals surface area contributed by atoms with E-state index in [0.29, 0.717) is 39.7 Å². The molecule has 9 nitrogen and oxygen atoms in total. The molecule has 27 heavy (non-hydrogen) atoms. The molecule has 0 aliphatic carbocycles. The fourth-order valence-corrected chi connectivity index (χ4v) is 2.90. The number of hydrogen-bond acceptors (Lipinski definition) is 7. The number of methoxy groups -OCH3 is 2. The first-order valence-electron chi connectivity index (χ1n) is 7.81. The Balaban J connectivity index is 1.90. The van der Waals surface area contributed by atoms with Crippen molar-refractivity contribution in [3.63, 3.8) is 0 Å². The van der Waals surface area contributed by atoms with Crippen LogP contribution in [0.25, 0.3) is 10.9 Å². The minimum atomic E-state index is -3.57. The van der Waals surface area contributed by atoms with Crippen LogP contribution in [0.15, 0.2) is 42.7 Å². The van der Waals surface area contributed by atoms with E-state index >= 15 is 0 Å². The zero-order chi connectivity index (χ0) is 19.4. The van der Waals surface area contributed by atoms with E-state index in [2.05, 4.69) is 19.4 Å². The van der Waals surface area contributed by atoms with Crippen molar-refractivity contribution in [3.8, 4) is 23.1 Å². The van der Waals surface area contributed by atoms with Crippen LogP contribution in [0.1, 0.15) is 0 Å². The lowest BCUT2D eigenvalue weighted by Gasteiger charge is -2.12. The van der Waals surface area contributed by atoms with Crippen molar-refractivity contribution in [3.05, 3.63) is 42.7 Å². The van der Waals surface area contributed by atoms with Crippen molar-refractivity contribution in [1.29, 1.82) is 0 Å². The lowest BCUT2D eigenvalue weighted by Crippen LogP contribution is -2.26. The van der Waals surface area contributed by atoms with Crippen LogP contribution in [0.4, 0.5) is 5.69 Å². The molecule has 0 bridgehead atoms. The van der Waals surface area contributed by atoms with Gasteiger partial charge in [0.25, 0.3) is 10.2 Å². The largest absolute Gasteiger partial charge is 0.493 e. The number of nitrogens with one attached hydrogen (secondary N) is 2. The molecule has 0 aliphatic heterocycles. The first-order valence-corrected chi connectivity index (χ1v) is 9.30. The minimum absolute atomic E-state index is 0.338. The second-order valence-corrected chi connectivity index (χ2v) is 6.96. The summed E-state index contributed by atoms with van der Waals surface area (Å²) in [5.74, 6) is 1.90. The van der Waals surface area contributed by atoms with E-state index in [9.17, 15) is 8.42 Å². The molecule has 3 aromatic rings. The Kier molecular flexibility index (Phi) is 5.28. The van der Waals surface area contributed by atoms with E-state index in [1.165, 1.54) is 13.4 Å². The van der Waals surface area contributed by atoms with Crippen LogP contribution in [0, 0.1) is 0 Å². The molecule has 0 aliphatic rings. The molecular formula is C17H18N4O5S. The third-order valence-corrected chi connectivity index (χ3v) is 4.74. The predicted molar refractivity (Wildman–Crippen MR) is 101 cm³/mol. The molecule has 0 saturated carbocycles. The number of fused-ring (bicyclic) bond motifs is 1. The van der Waals surface area contributed by atoms with Crippen molar-refractivity contribution in [2.45, 2.75) is 0 Å². The monoisotopic (exact) mass is 390 g/mol. The van der Waals surface area contributed by atoms with Crippen LogP contribution in [-0.4, -0.2) is 39.7 Å². The Morgan fingerprint density at radius 1 is 0.963 bits per heavy atom. The van der Waals surface area contributed by atoms with Crippen molar-refractivity contribution in [2.75, 3.05) is 26.0 Å². The van der Waals surface area contributed by atoms with E-state index in [-0.39, 0.29) is 0 Å². The number of anilines is 1. The Bertz CT molecular complexity index is 1050. The molecule has 0 atom stereocenters. The molecule has 142 valence electrons. The van der Waals surface area contributed by atoms with Gasteiger partial charge in [0.05, 0.1) is 30.8 Å². The number of hydrogen-bond donors (Lipinski definition) is 2. The standard InChI is InChI=1S/C17H18N4O5S/c1-18-27(22,23)21-11-4-6-12(7-5-11)26-17-13-8-15(24-2)16(25-3)9-14(13)19-10-20-17/h4-10,18,21H,1-3H3. The maximum absolute atomic E-state index is 11.5. The number of ether oxygens (including phenoxy) is 3. The summed E-state index contributed by atoms with van der Waals surface area (Å²) in [5, 5.41) is 0.648. The normalized spacial score (nSPS) is 11.2. The van der Waals surface area contributed by atoms with Crippen LogP contribution in [0.3, 0.4) is 0 Å². The summed E-state index contributed by atoms with van der Waals surface area (Å²) in [7, 11) is 0.836. The summed E-state index contributed by atoms with van der Waals surface area (Å²) in [5.41, 5.74) is 1.03.